The van der Waals surface area contributed by atoms with Gasteiger partial charge in [-0.15, -0.1) is 0 Å². The number of ether oxygens (including phenoxy) is 1. The van der Waals surface area contributed by atoms with E-state index in [0.29, 0.717) is 17.0 Å². The van der Waals surface area contributed by atoms with E-state index in [1.807, 2.05) is 36.4 Å². The second-order valence-corrected chi connectivity index (χ2v) is 7.10. The molecule has 0 unspecified atom stereocenters. The zero-order valence-corrected chi connectivity index (χ0v) is 15.5. The molecule has 0 heterocycles. The summed E-state index contributed by atoms with van der Waals surface area (Å²) in [5, 5.41) is 2.89. The first-order valence-electron chi connectivity index (χ1n) is 8.29. The van der Waals surface area contributed by atoms with Gasteiger partial charge in [-0.25, -0.2) is 0 Å². The average Bonchev–Trinajstić information content (AvgIpc) is 2.54. The molecule has 0 bridgehead atoms. The van der Waals surface area contributed by atoms with Crippen molar-refractivity contribution in [3.8, 4) is 5.75 Å². The minimum Gasteiger partial charge on any atom is -0.496 e. The number of nitrogens with one attached hydrogen (secondary N) is 1. The molecule has 0 saturated heterocycles. The number of anilines is 1. The monoisotopic (exact) mass is 339 g/mol. The van der Waals surface area contributed by atoms with Crippen LogP contribution in [0.3, 0.4) is 0 Å². The van der Waals surface area contributed by atoms with Crippen LogP contribution in [0.5, 0.6) is 5.75 Å². The molecule has 1 N–H and O–H groups in total. The first-order chi connectivity index (χ1) is 11.7. The largest absolute Gasteiger partial charge is 0.496 e. The van der Waals surface area contributed by atoms with E-state index in [9.17, 15) is 9.59 Å². The van der Waals surface area contributed by atoms with Crippen LogP contribution in [-0.4, -0.2) is 18.8 Å². The number of Topliss-reactive ketones (excluding diaryl/α,β-unsaturated/α-hetero) is 1. The maximum absolute atomic E-state index is 12.5. The van der Waals surface area contributed by atoms with Crippen molar-refractivity contribution < 1.29 is 14.3 Å². The summed E-state index contributed by atoms with van der Waals surface area (Å²) in [4.78, 5) is 24.4. The van der Waals surface area contributed by atoms with Crippen LogP contribution in [-0.2, 0) is 16.6 Å². The number of hydrogen-bond donors (Lipinski definition) is 1. The Balaban J connectivity index is 2.28. The lowest BCUT2D eigenvalue weighted by Crippen LogP contribution is -2.18. The van der Waals surface area contributed by atoms with Crippen LogP contribution in [0.1, 0.15) is 49.2 Å². The molecule has 25 heavy (non-hydrogen) atoms. The van der Waals surface area contributed by atoms with E-state index in [1.165, 1.54) is 6.92 Å². The van der Waals surface area contributed by atoms with Crippen molar-refractivity contribution in [2.24, 2.45) is 0 Å². The third-order valence-corrected chi connectivity index (χ3v) is 4.08. The molecule has 0 atom stereocenters. The Bertz CT molecular complexity index is 788. The molecule has 0 radical (unpaired) electrons. The summed E-state index contributed by atoms with van der Waals surface area (Å²) in [5.41, 5.74) is 2.86. The van der Waals surface area contributed by atoms with Gasteiger partial charge in [-0.3, -0.25) is 9.59 Å². The highest BCUT2D eigenvalue weighted by molar-refractivity contribution is 6.04. The van der Waals surface area contributed by atoms with Crippen molar-refractivity contribution >= 4 is 17.4 Å². The van der Waals surface area contributed by atoms with Gasteiger partial charge in [0.2, 0.25) is 5.91 Å². The molecule has 2 aromatic carbocycles. The minimum absolute atomic E-state index is 0.0720. The van der Waals surface area contributed by atoms with E-state index in [2.05, 4.69) is 26.1 Å². The molecule has 4 heteroatoms. The molecule has 0 aliphatic rings. The Hall–Kier alpha value is -2.62. The molecule has 0 aliphatic heterocycles. The summed E-state index contributed by atoms with van der Waals surface area (Å²) in [6.45, 7) is 7.78. The third kappa shape index (κ3) is 4.69. The van der Waals surface area contributed by atoms with Crippen molar-refractivity contribution in [1.82, 2.24) is 0 Å². The second kappa shape index (κ2) is 7.51. The van der Waals surface area contributed by atoms with Gasteiger partial charge < -0.3 is 10.1 Å². The van der Waals surface area contributed by atoms with E-state index in [1.54, 1.807) is 13.2 Å². The first kappa shape index (κ1) is 18.7. The Morgan fingerprint density at radius 2 is 1.76 bits per heavy atom. The van der Waals surface area contributed by atoms with Crippen molar-refractivity contribution in [1.29, 1.82) is 0 Å². The van der Waals surface area contributed by atoms with Gasteiger partial charge in [-0.05, 0) is 36.1 Å². The van der Waals surface area contributed by atoms with Crippen LogP contribution in [0.4, 0.5) is 5.69 Å². The van der Waals surface area contributed by atoms with Gasteiger partial charge in [0.05, 0.1) is 19.2 Å². The van der Waals surface area contributed by atoms with Crippen molar-refractivity contribution in [3.05, 3.63) is 59.2 Å². The standard InChI is InChI=1S/C21H25NO3/c1-14(23)17-11-10-16(21(2,3)4)13-18(17)22-20(24)12-15-8-6-7-9-19(15)25-5/h6-11,13H,12H2,1-5H3,(H,22,24). The van der Waals surface area contributed by atoms with E-state index < -0.39 is 0 Å². The molecule has 132 valence electrons. The van der Waals surface area contributed by atoms with Gasteiger partial charge >= 0.3 is 0 Å². The topological polar surface area (TPSA) is 55.4 Å². The molecule has 2 rings (SSSR count). The average molecular weight is 339 g/mol. The van der Waals surface area contributed by atoms with Crippen molar-refractivity contribution in [2.75, 3.05) is 12.4 Å². The number of ketones is 1. The van der Waals surface area contributed by atoms with Crippen LogP contribution in [0.15, 0.2) is 42.5 Å². The van der Waals surface area contributed by atoms with Crippen LogP contribution >= 0.6 is 0 Å². The summed E-state index contributed by atoms with van der Waals surface area (Å²) in [7, 11) is 1.58. The summed E-state index contributed by atoms with van der Waals surface area (Å²) in [5.74, 6) is 0.416. The normalized spacial score (nSPS) is 11.1. The highest BCUT2D eigenvalue weighted by atomic mass is 16.5. The maximum Gasteiger partial charge on any atom is 0.228 e. The number of hydrogen-bond acceptors (Lipinski definition) is 3. The summed E-state index contributed by atoms with van der Waals surface area (Å²) in [6, 6.07) is 13.0. The molecular weight excluding hydrogens is 314 g/mol. The Morgan fingerprint density at radius 3 is 2.36 bits per heavy atom. The maximum atomic E-state index is 12.5. The molecule has 1 amide bonds. The van der Waals surface area contributed by atoms with Crippen molar-refractivity contribution in [3.63, 3.8) is 0 Å². The predicted molar refractivity (Wildman–Crippen MR) is 100 cm³/mol. The number of benzene rings is 2. The van der Waals surface area contributed by atoms with Crippen molar-refractivity contribution in [2.45, 2.75) is 39.5 Å². The molecule has 4 nitrogen and oxygen atoms in total. The number of carbonyl (C=O) groups excluding carboxylic acids is 2. The lowest BCUT2D eigenvalue weighted by atomic mass is 9.86. The third-order valence-electron chi connectivity index (χ3n) is 4.08. The fraction of sp³-hybridized carbons (Fsp3) is 0.333. The van der Waals surface area contributed by atoms with Crippen LogP contribution in [0.2, 0.25) is 0 Å². The van der Waals surface area contributed by atoms with E-state index >= 15 is 0 Å². The smallest absolute Gasteiger partial charge is 0.228 e. The Morgan fingerprint density at radius 1 is 1.08 bits per heavy atom. The van der Waals surface area contributed by atoms with Crippen LogP contribution < -0.4 is 10.1 Å². The SMILES string of the molecule is COc1ccccc1CC(=O)Nc1cc(C(C)(C)C)ccc1C(C)=O. The molecule has 0 aliphatic carbocycles. The van der Waals surface area contributed by atoms with Gasteiger partial charge in [0.15, 0.2) is 5.78 Å². The summed E-state index contributed by atoms with van der Waals surface area (Å²) < 4.78 is 5.29. The molecular formula is C21H25NO3. The number of amides is 1. The summed E-state index contributed by atoms with van der Waals surface area (Å²) >= 11 is 0. The Labute approximate surface area is 149 Å². The lowest BCUT2D eigenvalue weighted by Gasteiger charge is -2.21. The molecule has 0 aromatic heterocycles. The summed E-state index contributed by atoms with van der Waals surface area (Å²) in [6.07, 6.45) is 0.182. The van der Waals surface area contributed by atoms with Gasteiger partial charge in [0, 0.05) is 11.1 Å². The first-order valence-corrected chi connectivity index (χ1v) is 8.29. The zero-order chi connectivity index (χ0) is 18.6. The molecule has 0 fully saturated rings. The highest BCUT2D eigenvalue weighted by Crippen LogP contribution is 2.28. The molecule has 2 aromatic rings. The highest BCUT2D eigenvalue weighted by Gasteiger charge is 2.18. The molecule has 0 spiro atoms. The lowest BCUT2D eigenvalue weighted by molar-refractivity contribution is -0.115. The second-order valence-electron chi connectivity index (χ2n) is 7.10. The van der Waals surface area contributed by atoms with Gasteiger partial charge in [0.1, 0.15) is 5.75 Å². The minimum atomic E-state index is -0.182. The number of para-hydroxylation sites is 1. The van der Waals surface area contributed by atoms with Crippen LogP contribution in [0, 0.1) is 0 Å². The number of rotatable bonds is 5. The zero-order valence-electron chi connectivity index (χ0n) is 15.5. The predicted octanol–water partition coefficient (Wildman–Crippen LogP) is 4.38. The van der Waals surface area contributed by atoms with Gasteiger partial charge in [-0.2, -0.15) is 0 Å². The fourth-order valence-corrected chi connectivity index (χ4v) is 2.64. The fourth-order valence-electron chi connectivity index (χ4n) is 2.64. The molecule has 0 saturated carbocycles. The van der Waals surface area contributed by atoms with Gasteiger partial charge in [-0.1, -0.05) is 45.0 Å². The number of carbonyl (C=O) groups is 2. The van der Waals surface area contributed by atoms with E-state index in [4.69, 9.17) is 4.74 Å². The Kier molecular flexibility index (Phi) is 5.62. The van der Waals surface area contributed by atoms with Crippen LogP contribution in [0.25, 0.3) is 0 Å². The number of methoxy groups -OCH3 is 1. The van der Waals surface area contributed by atoms with Gasteiger partial charge in [0.25, 0.3) is 0 Å². The van der Waals surface area contributed by atoms with E-state index in [-0.39, 0.29) is 23.5 Å². The quantitative estimate of drug-likeness (QED) is 0.823. The van der Waals surface area contributed by atoms with E-state index in [0.717, 1.165) is 11.1 Å².